The van der Waals surface area contributed by atoms with Gasteiger partial charge in [0.15, 0.2) is 0 Å². The third-order valence-corrected chi connectivity index (χ3v) is 4.20. The summed E-state index contributed by atoms with van der Waals surface area (Å²) in [7, 11) is 0.269. The minimum atomic E-state index is -3.54. The monoisotopic (exact) mass is 313 g/mol. The molecule has 0 radical (unpaired) electrons. The lowest BCUT2D eigenvalue weighted by Gasteiger charge is -2.28. The molecule has 0 aliphatic carbocycles. The van der Waals surface area contributed by atoms with Gasteiger partial charge >= 0.3 is 0 Å². The molecule has 0 unspecified atom stereocenters. The van der Waals surface area contributed by atoms with E-state index in [9.17, 15) is 13.2 Å². The molecule has 1 amide bonds. The SMILES string of the molecule is C[C@@H](C(=O)NCCN(C)C)N(c1ccccc1)S(C)(=O)=O. The number of hydrogen-bond donors (Lipinski definition) is 1. The number of benzene rings is 1. The zero-order valence-electron chi connectivity index (χ0n) is 12.9. The number of sulfonamides is 1. The van der Waals surface area contributed by atoms with Gasteiger partial charge in [-0.25, -0.2) is 8.42 Å². The van der Waals surface area contributed by atoms with Crippen LogP contribution in [0.25, 0.3) is 0 Å². The maximum atomic E-state index is 12.2. The molecule has 0 saturated carbocycles. The van der Waals surface area contributed by atoms with Crippen molar-refractivity contribution in [1.82, 2.24) is 10.2 Å². The largest absolute Gasteiger partial charge is 0.353 e. The Morgan fingerprint density at radius 2 is 1.81 bits per heavy atom. The number of para-hydroxylation sites is 1. The molecule has 0 aromatic heterocycles. The maximum Gasteiger partial charge on any atom is 0.243 e. The third-order valence-electron chi connectivity index (χ3n) is 2.96. The molecule has 0 aliphatic heterocycles. The number of rotatable bonds is 7. The van der Waals surface area contributed by atoms with E-state index in [1.165, 1.54) is 0 Å². The second-order valence-corrected chi connectivity index (χ2v) is 7.02. The van der Waals surface area contributed by atoms with E-state index >= 15 is 0 Å². The van der Waals surface area contributed by atoms with Gasteiger partial charge in [0.25, 0.3) is 0 Å². The van der Waals surface area contributed by atoms with Crippen LogP contribution in [0.2, 0.25) is 0 Å². The molecular weight excluding hydrogens is 290 g/mol. The Morgan fingerprint density at radius 3 is 2.29 bits per heavy atom. The molecule has 0 heterocycles. The second kappa shape index (κ2) is 7.42. The molecule has 0 fully saturated rings. The van der Waals surface area contributed by atoms with Crippen LogP contribution in [0.3, 0.4) is 0 Å². The molecule has 21 heavy (non-hydrogen) atoms. The van der Waals surface area contributed by atoms with Crippen molar-refractivity contribution in [3.63, 3.8) is 0 Å². The van der Waals surface area contributed by atoms with Gasteiger partial charge in [-0.05, 0) is 33.2 Å². The predicted octanol–water partition coefficient (Wildman–Crippen LogP) is 0.519. The second-order valence-electron chi connectivity index (χ2n) is 5.16. The smallest absolute Gasteiger partial charge is 0.243 e. The van der Waals surface area contributed by atoms with Gasteiger partial charge in [0, 0.05) is 13.1 Å². The Labute approximate surface area is 126 Å². The van der Waals surface area contributed by atoms with E-state index in [0.717, 1.165) is 10.6 Å². The predicted molar refractivity (Wildman–Crippen MR) is 84.8 cm³/mol. The van der Waals surface area contributed by atoms with Crippen molar-refractivity contribution in [2.24, 2.45) is 0 Å². The van der Waals surface area contributed by atoms with Gasteiger partial charge in [-0.2, -0.15) is 0 Å². The lowest BCUT2D eigenvalue weighted by molar-refractivity contribution is -0.121. The number of likely N-dealkylation sites (N-methyl/N-ethyl adjacent to an activating group) is 1. The summed E-state index contributed by atoms with van der Waals surface area (Å²) in [6, 6.07) is 7.82. The standard InChI is InChI=1S/C14H23N3O3S/c1-12(14(18)15-10-11-16(2)3)17(21(4,19)20)13-8-6-5-7-9-13/h5-9,12H,10-11H2,1-4H3,(H,15,18)/t12-/m0/s1. The van der Waals surface area contributed by atoms with Gasteiger partial charge in [-0.3, -0.25) is 9.10 Å². The molecule has 0 saturated heterocycles. The van der Waals surface area contributed by atoms with E-state index in [-0.39, 0.29) is 5.91 Å². The highest BCUT2D eigenvalue weighted by atomic mass is 32.2. The third kappa shape index (κ3) is 5.35. The van der Waals surface area contributed by atoms with Crippen LogP contribution in [0.5, 0.6) is 0 Å². The van der Waals surface area contributed by atoms with Crippen molar-refractivity contribution in [3.05, 3.63) is 30.3 Å². The fourth-order valence-electron chi connectivity index (χ4n) is 1.93. The number of nitrogens with one attached hydrogen (secondary N) is 1. The number of carbonyl (C=O) groups is 1. The highest BCUT2D eigenvalue weighted by Gasteiger charge is 2.28. The first-order valence-electron chi connectivity index (χ1n) is 6.70. The molecule has 1 rings (SSSR count). The molecule has 7 heteroatoms. The van der Waals surface area contributed by atoms with Crippen LogP contribution in [-0.2, 0) is 14.8 Å². The Balaban J connectivity index is 2.87. The average Bonchev–Trinajstić information content (AvgIpc) is 2.37. The zero-order chi connectivity index (χ0) is 16.0. The van der Waals surface area contributed by atoms with E-state index in [4.69, 9.17) is 0 Å². The van der Waals surface area contributed by atoms with E-state index in [0.29, 0.717) is 18.8 Å². The quantitative estimate of drug-likeness (QED) is 0.797. The van der Waals surface area contributed by atoms with Crippen LogP contribution in [0.15, 0.2) is 30.3 Å². The zero-order valence-corrected chi connectivity index (χ0v) is 13.7. The van der Waals surface area contributed by atoms with Gasteiger partial charge in [0.1, 0.15) is 6.04 Å². The van der Waals surface area contributed by atoms with Gasteiger partial charge in [-0.1, -0.05) is 18.2 Å². The Bertz CT molecular complexity index is 558. The van der Waals surface area contributed by atoms with E-state index in [2.05, 4.69) is 5.32 Å². The van der Waals surface area contributed by atoms with E-state index in [1.54, 1.807) is 37.3 Å². The summed E-state index contributed by atoms with van der Waals surface area (Å²) >= 11 is 0. The van der Waals surface area contributed by atoms with Crippen molar-refractivity contribution in [2.75, 3.05) is 37.7 Å². The van der Waals surface area contributed by atoms with Crippen molar-refractivity contribution in [2.45, 2.75) is 13.0 Å². The topological polar surface area (TPSA) is 69.7 Å². The molecule has 1 atom stereocenters. The molecule has 6 nitrogen and oxygen atoms in total. The first-order valence-corrected chi connectivity index (χ1v) is 8.55. The average molecular weight is 313 g/mol. The van der Waals surface area contributed by atoms with Crippen molar-refractivity contribution >= 4 is 21.6 Å². The van der Waals surface area contributed by atoms with Crippen molar-refractivity contribution < 1.29 is 13.2 Å². The summed E-state index contributed by atoms with van der Waals surface area (Å²) in [6.07, 6.45) is 1.10. The van der Waals surface area contributed by atoms with E-state index in [1.807, 2.05) is 19.0 Å². The number of nitrogens with zero attached hydrogens (tertiary/aromatic N) is 2. The number of carbonyl (C=O) groups excluding carboxylic acids is 1. The van der Waals surface area contributed by atoms with Crippen LogP contribution < -0.4 is 9.62 Å². The van der Waals surface area contributed by atoms with Crippen LogP contribution in [0.1, 0.15) is 6.92 Å². The first-order chi connectivity index (χ1) is 9.73. The van der Waals surface area contributed by atoms with Crippen LogP contribution in [0.4, 0.5) is 5.69 Å². The minimum Gasteiger partial charge on any atom is -0.353 e. The minimum absolute atomic E-state index is 0.314. The van der Waals surface area contributed by atoms with Gasteiger partial charge in [0.05, 0.1) is 11.9 Å². The first kappa shape index (κ1) is 17.5. The molecule has 1 N–H and O–H groups in total. The van der Waals surface area contributed by atoms with E-state index < -0.39 is 16.1 Å². The fraction of sp³-hybridized carbons (Fsp3) is 0.500. The molecule has 118 valence electrons. The van der Waals surface area contributed by atoms with Crippen LogP contribution >= 0.6 is 0 Å². The Morgan fingerprint density at radius 1 is 1.24 bits per heavy atom. The summed E-state index contributed by atoms with van der Waals surface area (Å²) in [6.45, 7) is 2.75. The number of amides is 1. The molecule has 1 aromatic carbocycles. The molecule has 0 bridgehead atoms. The summed E-state index contributed by atoms with van der Waals surface area (Å²) in [5.74, 6) is -0.314. The van der Waals surface area contributed by atoms with Crippen molar-refractivity contribution in [3.8, 4) is 0 Å². The van der Waals surface area contributed by atoms with Crippen LogP contribution in [-0.4, -0.2) is 58.7 Å². The lowest BCUT2D eigenvalue weighted by Crippen LogP contribution is -2.48. The summed E-state index contributed by atoms with van der Waals surface area (Å²) in [5, 5.41) is 2.75. The normalized spacial score (nSPS) is 13.0. The Hall–Kier alpha value is -1.60. The molecule has 0 spiro atoms. The van der Waals surface area contributed by atoms with Gasteiger partial charge in [0.2, 0.25) is 15.9 Å². The maximum absolute atomic E-state index is 12.2. The molecule has 1 aromatic rings. The van der Waals surface area contributed by atoms with Crippen molar-refractivity contribution in [1.29, 1.82) is 0 Å². The highest BCUT2D eigenvalue weighted by molar-refractivity contribution is 7.92. The summed E-state index contributed by atoms with van der Waals surface area (Å²) in [4.78, 5) is 14.1. The van der Waals surface area contributed by atoms with Gasteiger partial charge < -0.3 is 10.2 Å². The van der Waals surface area contributed by atoms with Crippen LogP contribution in [0, 0.1) is 0 Å². The summed E-state index contributed by atoms with van der Waals surface area (Å²) in [5.41, 5.74) is 0.482. The Kier molecular flexibility index (Phi) is 6.17. The fourth-order valence-corrected chi connectivity index (χ4v) is 3.11. The number of anilines is 1. The summed E-state index contributed by atoms with van der Waals surface area (Å²) < 4.78 is 25.1. The highest BCUT2D eigenvalue weighted by Crippen LogP contribution is 2.19. The van der Waals surface area contributed by atoms with Gasteiger partial charge in [-0.15, -0.1) is 0 Å². The number of hydrogen-bond acceptors (Lipinski definition) is 4. The molecule has 0 aliphatic rings. The lowest BCUT2D eigenvalue weighted by atomic mass is 10.2. The molecular formula is C14H23N3O3S.